The van der Waals surface area contributed by atoms with Crippen molar-refractivity contribution >= 4 is 11.9 Å². The third-order valence-corrected chi connectivity index (χ3v) is 4.84. The van der Waals surface area contributed by atoms with Crippen molar-refractivity contribution in [3.8, 4) is 5.75 Å². The zero-order valence-electron chi connectivity index (χ0n) is 14.4. The molecular weight excluding hydrogens is 337 g/mol. The molecule has 1 unspecified atom stereocenters. The highest BCUT2D eigenvalue weighted by Crippen LogP contribution is 2.51. The SMILES string of the molecule is COc1ccccc1C1(C(=O)NCC(C(=O)O)c2ccc(F)cc2)CC1. The lowest BCUT2D eigenvalue weighted by molar-refractivity contribution is -0.138. The van der Waals surface area contributed by atoms with Gasteiger partial charge in [-0.3, -0.25) is 9.59 Å². The van der Waals surface area contributed by atoms with Crippen LogP contribution in [0, 0.1) is 5.82 Å². The topological polar surface area (TPSA) is 75.6 Å². The lowest BCUT2D eigenvalue weighted by Crippen LogP contribution is -2.38. The van der Waals surface area contributed by atoms with Crippen LogP contribution in [0.25, 0.3) is 0 Å². The van der Waals surface area contributed by atoms with Gasteiger partial charge in [-0.2, -0.15) is 0 Å². The minimum atomic E-state index is -1.07. The third kappa shape index (κ3) is 3.40. The molecule has 5 nitrogen and oxygen atoms in total. The van der Waals surface area contributed by atoms with Gasteiger partial charge in [0.2, 0.25) is 5.91 Å². The van der Waals surface area contributed by atoms with E-state index in [1.165, 1.54) is 24.3 Å². The second-order valence-electron chi connectivity index (χ2n) is 6.43. The van der Waals surface area contributed by atoms with Gasteiger partial charge in [0.1, 0.15) is 11.6 Å². The molecule has 0 heterocycles. The van der Waals surface area contributed by atoms with Gasteiger partial charge in [0.25, 0.3) is 0 Å². The normalized spacial score (nSPS) is 15.8. The largest absolute Gasteiger partial charge is 0.496 e. The number of halogens is 1. The molecule has 1 aliphatic carbocycles. The monoisotopic (exact) mass is 357 g/mol. The predicted octanol–water partition coefficient (Wildman–Crippen LogP) is 2.85. The lowest BCUT2D eigenvalue weighted by atomic mass is 9.93. The van der Waals surface area contributed by atoms with E-state index >= 15 is 0 Å². The van der Waals surface area contributed by atoms with Gasteiger partial charge in [0, 0.05) is 12.1 Å². The minimum absolute atomic E-state index is 0.0588. The molecule has 0 aliphatic heterocycles. The molecule has 1 saturated carbocycles. The van der Waals surface area contributed by atoms with Gasteiger partial charge in [0.05, 0.1) is 18.4 Å². The molecule has 0 saturated heterocycles. The summed E-state index contributed by atoms with van der Waals surface area (Å²) in [6.07, 6.45) is 1.38. The van der Waals surface area contributed by atoms with E-state index in [0.717, 1.165) is 5.56 Å². The molecule has 0 spiro atoms. The number of benzene rings is 2. The van der Waals surface area contributed by atoms with Gasteiger partial charge >= 0.3 is 5.97 Å². The molecule has 3 rings (SSSR count). The number of rotatable bonds is 7. The van der Waals surface area contributed by atoms with E-state index in [1.807, 2.05) is 18.2 Å². The summed E-state index contributed by atoms with van der Waals surface area (Å²) < 4.78 is 18.4. The summed E-state index contributed by atoms with van der Waals surface area (Å²) in [5.41, 5.74) is 0.591. The molecule has 6 heteroatoms. The van der Waals surface area contributed by atoms with Gasteiger partial charge < -0.3 is 15.2 Å². The maximum atomic E-state index is 13.1. The number of carbonyl (C=O) groups is 2. The number of nitrogens with one attached hydrogen (secondary N) is 1. The average molecular weight is 357 g/mol. The van der Waals surface area contributed by atoms with E-state index in [4.69, 9.17) is 4.74 Å². The van der Waals surface area contributed by atoms with Crippen LogP contribution in [-0.2, 0) is 15.0 Å². The summed E-state index contributed by atoms with van der Waals surface area (Å²) >= 11 is 0. The highest BCUT2D eigenvalue weighted by Gasteiger charge is 2.52. The summed E-state index contributed by atoms with van der Waals surface area (Å²) in [6, 6.07) is 12.6. The van der Waals surface area contributed by atoms with E-state index in [9.17, 15) is 19.1 Å². The molecule has 0 aromatic heterocycles. The van der Waals surface area contributed by atoms with Gasteiger partial charge in [-0.1, -0.05) is 30.3 Å². The predicted molar refractivity (Wildman–Crippen MR) is 93.7 cm³/mol. The quantitative estimate of drug-likeness (QED) is 0.799. The van der Waals surface area contributed by atoms with Gasteiger partial charge in [-0.15, -0.1) is 0 Å². The minimum Gasteiger partial charge on any atom is -0.496 e. The number of carboxylic acid groups (broad SMARTS) is 1. The first kappa shape index (κ1) is 17.9. The molecule has 1 fully saturated rings. The van der Waals surface area contributed by atoms with E-state index in [0.29, 0.717) is 24.2 Å². The lowest BCUT2D eigenvalue weighted by Gasteiger charge is -2.20. The number of ether oxygens (including phenoxy) is 1. The van der Waals surface area contributed by atoms with E-state index in [-0.39, 0.29) is 12.5 Å². The number of carbonyl (C=O) groups excluding carboxylic acids is 1. The maximum Gasteiger partial charge on any atom is 0.312 e. The van der Waals surface area contributed by atoms with Crippen LogP contribution in [0.15, 0.2) is 48.5 Å². The van der Waals surface area contributed by atoms with Crippen LogP contribution in [0.2, 0.25) is 0 Å². The summed E-state index contributed by atoms with van der Waals surface area (Å²) in [7, 11) is 1.56. The smallest absolute Gasteiger partial charge is 0.312 e. The number of carboxylic acids is 1. The van der Waals surface area contributed by atoms with Crippen molar-refractivity contribution in [3.63, 3.8) is 0 Å². The van der Waals surface area contributed by atoms with E-state index in [1.54, 1.807) is 13.2 Å². The number of aliphatic carboxylic acids is 1. The molecule has 1 atom stereocenters. The Labute approximate surface area is 150 Å². The standard InChI is InChI=1S/C20H20FNO4/c1-26-17-5-3-2-4-16(17)20(10-11-20)19(25)22-12-15(18(23)24)13-6-8-14(21)9-7-13/h2-9,15H,10-12H2,1H3,(H,22,25)(H,23,24). The third-order valence-electron chi connectivity index (χ3n) is 4.84. The molecule has 2 N–H and O–H groups in total. The highest BCUT2D eigenvalue weighted by molar-refractivity contribution is 5.92. The van der Waals surface area contributed by atoms with Crippen LogP contribution in [0.1, 0.15) is 29.9 Å². The van der Waals surface area contributed by atoms with Crippen LogP contribution >= 0.6 is 0 Å². The Bertz CT molecular complexity index is 815. The highest BCUT2D eigenvalue weighted by atomic mass is 19.1. The first-order valence-electron chi connectivity index (χ1n) is 8.38. The molecule has 26 heavy (non-hydrogen) atoms. The first-order valence-corrected chi connectivity index (χ1v) is 8.38. The van der Waals surface area contributed by atoms with E-state index in [2.05, 4.69) is 5.32 Å². The van der Waals surface area contributed by atoms with Gasteiger partial charge in [0.15, 0.2) is 0 Å². The number of hydrogen-bond donors (Lipinski definition) is 2. The second-order valence-corrected chi connectivity index (χ2v) is 6.43. The Morgan fingerprint density at radius 1 is 1.19 bits per heavy atom. The van der Waals surface area contributed by atoms with E-state index < -0.39 is 23.1 Å². The molecule has 1 aliphatic rings. The fourth-order valence-electron chi connectivity index (χ4n) is 3.19. The van der Waals surface area contributed by atoms with Crippen LogP contribution in [0.5, 0.6) is 5.75 Å². The molecule has 2 aromatic carbocycles. The van der Waals surface area contributed by atoms with Crippen molar-refractivity contribution in [2.45, 2.75) is 24.2 Å². The average Bonchev–Trinajstić information content (AvgIpc) is 3.45. The van der Waals surface area contributed by atoms with Crippen LogP contribution < -0.4 is 10.1 Å². The maximum absolute atomic E-state index is 13.1. The van der Waals surface area contributed by atoms with Crippen molar-refractivity contribution in [1.82, 2.24) is 5.32 Å². The zero-order chi connectivity index (χ0) is 18.7. The number of amides is 1. The van der Waals surface area contributed by atoms with Crippen LogP contribution in [0.4, 0.5) is 4.39 Å². The van der Waals surface area contributed by atoms with Crippen molar-refractivity contribution < 1.29 is 23.8 Å². The molecule has 1 amide bonds. The molecule has 136 valence electrons. The summed E-state index contributed by atoms with van der Waals surface area (Å²) in [6.45, 7) is -0.0588. The Balaban J connectivity index is 1.75. The summed E-state index contributed by atoms with van der Waals surface area (Å²) in [5, 5.41) is 12.2. The van der Waals surface area contributed by atoms with Crippen LogP contribution in [0.3, 0.4) is 0 Å². The van der Waals surface area contributed by atoms with Crippen molar-refractivity contribution in [2.24, 2.45) is 0 Å². The summed E-state index contributed by atoms with van der Waals surface area (Å²) in [4.78, 5) is 24.4. The number of hydrogen-bond acceptors (Lipinski definition) is 3. The number of para-hydroxylation sites is 1. The fraction of sp³-hybridized carbons (Fsp3) is 0.300. The number of methoxy groups -OCH3 is 1. The Hall–Kier alpha value is -2.89. The molecular formula is C20H20FNO4. The first-order chi connectivity index (χ1) is 12.5. The van der Waals surface area contributed by atoms with Crippen molar-refractivity contribution in [1.29, 1.82) is 0 Å². The Morgan fingerprint density at radius 2 is 1.85 bits per heavy atom. The van der Waals surface area contributed by atoms with Gasteiger partial charge in [-0.05, 0) is 36.6 Å². The molecule has 0 radical (unpaired) electrons. The molecule has 0 bridgehead atoms. The second kappa shape index (κ2) is 7.15. The van der Waals surface area contributed by atoms with Crippen LogP contribution in [-0.4, -0.2) is 30.6 Å². The van der Waals surface area contributed by atoms with Crippen molar-refractivity contribution in [2.75, 3.05) is 13.7 Å². The molecule has 2 aromatic rings. The Kier molecular flexibility index (Phi) is 4.93. The van der Waals surface area contributed by atoms with Crippen molar-refractivity contribution in [3.05, 3.63) is 65.5 Å². The van der Waals surface area contributed by atoms with Gasteiger partial charge in [-0.25, -0.2) is 4.39 Å². The Morgan fingerprint density at radius 3 is 2.42 bits per heavy atom. The zero-order valence-corrected chi connectivity index (χ0v) is 14.4. The summed E-state index contributed by atoms with van der Waals surface area (Å²) in [5.74, 6) is -2.01. The fourth-order valence-corrected chi connectivity index (χ4v) is 3.19.